The number of amides is 1. The zero-order valence-electron chi connectivity index (χ0n) is 61.1. The van der Waals surface area contributed by atoms with E-state index in [4.69, 9.17) is 86.8 Å². The highest BCUT2D eigenvalue weighted by Gasteiger charge is 2.48. The summed E-state index contributed by atoms with van der Waals surface area (Å²) in [6.45, 7) is -1.41. The Hall–Kier alpha value is -6.55. The number of aliphatic carboxylic acids is 1. The summed E-state index contributed by atoms with van der Waals surface area (Å²) >= 11 is 22.9. The van der Waals surface area contributed by atoms with Gasteiger partial charge in [-0.3, -0.25) is 9.59 Å². The van der Waals surface area contributed by atoms with E-state index >= 15 is 0 Å². The number of hydrogen-bond acceptors (Lipinski definition) is 31. The Kier molecular flexibility index (Phi) is 36.6. The van der Waals surface area contributed by atoms with Crippen molar-refractivity contribution in [2.24, 2.45) is 5.92 Å². The van der Waals surface area contributed by atoms with Gasteiger partial charge in [0, 0.05) is 57.7 Å². The second kappa shape index (κ2) is 45.1. The first-order valence-corrected chi connectivity index (χ1v) is 38.6. The van der Waals surface area contributed by atoms with Crippen LogP contribution in [0.15, 0.2) is 97.1 Å². The molecule has 1 amide bonds. The normalized spacial score (nSPS) is 28.6. The van der Waals surface area contributed by atoms with Crippen LogP contribution in [0.2, 0.25) is 0 Å². The maximum atomic E-state index is 14.9. The Morgan fingerprint density at radius 1 is 0.348 bits per heavy atom. The molecule has 0 bridgehead atoms. The van der Waals surface area contributed by atoms with E-state index in [9.17, 15) is 101 Å². The predicted molar refractivity (Wildman–Crippen MR) is 414 cm³/mol. The molecule has 4 aromatic carbocycles. The molecule has 4 saturated heterocycles. The van der Waals surface area contributed by atoms with Crippen molar-refractivity contribution in [3.8, 4) is 23.0 Å². The van der Waals surface area contributed by atoms with Crippen molar-refractivity contribution >= 4 is 86.5 Å². The number of unbranched alkanes of at least 4 members (excludes halogenated alkanes) is 3. The van der Waals surface area contributed by atoms with Gasteiger partial charge in [-0.05, 0) is 122 Å². The molecule has 0 aliphatic carbocycles. The summed E-state index contributed by atoms with van der Waals surface area (Å²) in [4.78, 5) is 44.1. The highest BCUT2D eigenvalue weighted by atomic mass is 32.1. The predicted octanol–water partition coefficient (Wildman–Crippen LogP) is -2.64. The molecule has 112 heavy (non-hydrogen) atoms. The van der Waals surface area contributed by atoms with Crippen molar-refractivity contribution in [2.45, 2.75) is 225 Å². The van der Waals surface area contributed by atoms with Crippen LogP contribution < -0.4 is 45.5 Å². The number of aliphatic hydroxyl groups is 16. The quantitative estimate of drug-likeness (QED) is 0.0159. The SMILES string of the molecule is O=C(NC(CCCCNC(=S)Cc1ccc(OC2OC(CO)C(O)C(O)C2O)cc1)C(=O)O)C(CCCCNC(=S)Cc1ccc(OC2OC(CO)C(O)C(O)C2O)cc1)CC(=O)C(CCCCNC(=S)Cc1ccc(OC2OC(CO)C(O)C(O)C2O)cc1)NC(=S)Cc1ccc(OC2OC(CO)C(O)C(O)C2O)cc1. The number of hydrogen-bond donors (Lipinski definition) is 22. The molecule has 0 aromatic heterocycles. The third kappa shape index (κ3) is 26.8. The minimum absolute atomic E-state index is 0.0218. The number of carboxylic acid groups (broad SMARTS) is 1. The van der Waals surface area contributed by atoms with Crippen LogP contribution in [-0.2, 0) is 59.0 Å². The number of thiocarbonyl (C=S) groups is 4. The van der Waals surface area contributed by atoms with E-state index in [0.29, 0.717) is 98.0 Å². The molecule has 37 heteroatoms. The Balaban J connectivity index is 0.893. The topological polar surface area (TPSA) is 529 Å². The van der Waals surface area contributed by atoms with Crippen LogP contribution in [0.3, 0.4) is 0 Å². The smallest absolute Gasteiger partial charge is 0.326 e. The van der Waals surface area contributed by atoms with Gasteiger partial charge in [-0.25, -0.2) is 4.79 Å². The van der Waals surface area contributed by atoms with Crippen molar-refractivity contribution in [3.63, 3.8) is 0 Å². The van der Waals surface area contributed by atoms with Gasteiger partial charge in [0.25, 0.3) is 0 Å². The van der Waals surface area contributed by atoms with Crippen LogP contribution in [0, 0.1) is 5.92 Å². The molecule has 620 valence electrons. The maximum absolute atomic E-state index is 14.9. The largest absolute Gasteiger partial charge is 0.480 e. The Morgan fingerprint density at radius 2 is 0.616 bits per heavy atom. The van der Waals surface area contributed by atoms with Gasteiger partial charge < -0.3 is 151 Å². The number of nitrogens with one attached hydrogen (secondary N) is 5. The fourth-order valence-corrected chi connectivity index (χ4v) is 13.9. The molecule has 4 aromatic rings. The van der Waals surface area contributed by atoms with Gasteiger partial charge in [-0.2, -0.15) is 0 Å². The molecule has 33 nitrogen and oxygen atoms in total. The number of ether oxygens (including phenoxy) is 8. The van der Waals surface area contributed by atoms with Crippen molar-refractivity contribution in [3.05, 3.63) is 119 Å². The molecule has 23 atom stereocenters. The average Bonchev–Trinajstić information content (AvgIpc) is 0.824. The summed E-state index contributed by atoms with van der Waals surface area (Å²) in [5.41, 5.74) is 3.01. The van der Waals surface area contributed by atoms with Gasteiger partial charge >= 0.3 is 5.97 Å². The summed E-state index contributed by atoms with van der Waals surface area (Å²) in [5, 5.41) is 188. The van der Waals surface area contributed by atoms with E-state index in [2.05, 4.69) is 26.6 Å². The minimum atomic E-state index is -1.67. The average molecular weight is 1650 g/mol. The van der Waals surface area contributed by atoms with Crippen LogP contribution in [0.4, 0.5) is 0 Å². The molecule has 23 unspecified atom stereocenters. The van der Waals surface area contributed by atoms with Gasteiger partial charge in [-0.15, -0.1) is 0 Å². The van der Waals surface area contributed by atoms with Gasteiger partial charge in [-0.1, -0.05) is 104 Å². The molecular weight excluding hydrogens is 1550 g/mol. The van der Waals surface area contributed by atoms with Crippen molar-refractivity contribution in [1.29, 1.82) is 0 Å². The summed E-state index contributed by atoms with van der Waals surface area (Å²) in [6, 6.07) is 24.1. The molecule has 0 spiro atoms. The standard InChI is InChI=1S/C75H103N5O28S4/c81-34-50-58(86)62(90)66(94)72(105-50)101-43-18-10-38(11-19-43)29-54(109)76-26-4-1-7-42(70(98)80-48(71(99)100)9-3-6-28-78-56(111)31-40-14-22-45(23-15-40)103-74-68(96)64(92)60(88)52(36-83)107-74)33-49(85)47(79-57(112)32-41-16-24-46(25-17-41)104-75-69(97)65(93)61(89)53(37-84)108-75)8-2-5-27-77-55(110)30-39-12-20-44(21-13-39)102-73-67(95)63(91)59(87)51(35-82)106-73/h10-25,42,47-48,50-53,58-69,72-75,81-84,86-97H,1-9,26-37H2,(H,76,109)(H,77,110)(H,78,111)(H,79,112)(H,80,98)(H,99,100). The van der Waals surface area contributed by atoms with Gasteiger partial charge in [0.1, 0.15) is 127 Å². The molecule has 8 rings (SSSR count). The van der Waals surface area contributed by atoms with E-state index in [1.54, 1.807) is 97.1 Å². The molecule has 4 fully saturated rings. The molecule has 4 heterocycles. The summed E-state index contributed by atoms with van der Waals surface area (Å²) < 4.78 is 44.8. The lowest BCUT2D eigenvalue weighted by Gasteiger charge is -2.39. The number of aliphatic hydroxyl groups excluding tert-OH is 16. The molecule has 0 radical (unpaired) electrons. The number of carbonyl (C=O) groups is 3. The first-order valence-electron chi connectivity index (χ1n) is 37.0. The molecule has 0 saturated carbocycles. The molecule has 22 N–H and O–H groups in total. The van der Waals surface area contributed by atoms with Gasteiger partial charge in [0.15, 0.2) is 5.78 Å². The van der Waals surface area contributed by atoms with E-state index in [-0.39, 0.29) is 65.9 Å². The molecule has 4 aliphatic rings. The van der Waals surface area contributed by atoms with Crippen molar-refractivity contribution < 1.29 is 139 Å². The van der Waals surface area contributed by atoms with E-state index in [1.807, 2.05) is 0 Å². The number of benzene rings is 4. The Morgan fingerprint density at radius 3 is 0.893 bits per heavy atom. The Labute approximate surface area is 667 Å². The zero-order valence-corrected chi connectivity index (χ0v) is 64.4. The molecule has 4 aliphatic heterocycles. The second-order valence-electron chi connectivity index (χ2n) is 28.0. The minimum Gasteiger partial charge on any atom is -0.480 e. The highest BCUT2D eigenvalue weighted by molar-refractivity contribution is 7.80. The fraction of sp³-hybridized carbons (Fsp3) is 0.587. The first kappa shape index (κ1) is 91.0. The summed E-state index contributed by atoms with van der Waals surface area (Å²) in [5.74, 6) is -2.36. The number of Topliss-reactive ketones (excluding diaryl/α,β-unsaturated/α-hetero) is 1. The number of carboxylic acids is 1. The number of rotatable bonds is 42. The first-order chi connectivity index (χ1) is 53.6. The molecular formula is C75H103N5O28S4. The van der Waals surface area contributed by atoms with Crippen molar-refractivity contribution in [1.82, 2.24) is 26.6 Å². The maximum Gasteiger partial charge on any atom is 0.326 e. The summed E-state index contributed by atoms with van der Waals surface area (Å²) in [7, 11) is 0. The van der Waals surface area contributed by atoms with Crippen molar-refractivity contribution in [2.75, 3.05) is 46.1 Å². The summed E-state index contributed by atoms with van der Waals surface area (Å²) in [6.07, 6.45) is -25.8. The van der Waals surface area contributed by atoms with E-state index in [1.165, 1.54) is 0 Å². The lowest BCUT2D eigenvalue weighted by atomic mass is 9.90. The third-order valence-corrected chi connectivity index (χ3v) is 20.6. The number of carbonyl (C=O) groups excluding carboxylic acids is 2. The van der Waals surface area contributed by atoms with Crippen LogP contribution in [0.1, 0.15) is 86.5 Å². The van der Waals surface area contributed by atoms with Crippen LogP contribution in [0.25, 0.3) is 0 Å². The van der Waals surface area contributed by atoms with Crippen LogP contribution in [0.5, 0.6) is 23.0 Å². The fourth-order valence-electron chi connectivity index (χ4n) is 12.8. The van der Waals surface area contributed by atoms with Gasteiger partial charge in [0.05, 0.1) is 52.4 Å². The van der Waals surface area contributed by atoms with Crippen LogP contribution >= 0.6 is 48.9 Å². The van der Waals surface area contributed by atoms with Crippen LogP contribution in [-0.4, -0.2) is 305 Å². The monoisotopic (exact) mass is 1650 g/mol. The lowest BCUT2D eigenvalue weighted by molar-refractivity contribution is -0.277. The van der Waals surface area contributed by atoms with Gasteiger partial charge in [0.2, 0.25) is 31.1 Å². The van der Waals surface area contributed by atoms with E-state index in [0.717, 1.165) is 16.7 Å². The lowest BCUT2D eigenvalue weighted by Crippen LogP contribution is -2.60. The zero-order chi connectivity index (χ0) is 81.3. The number of ketones is 1. The second-order valence-corrected chi connectivity index (χ2v) is 29.9. The highest BCUT2D eigenvalue weighted by Crippen LogP contribution is 2.31. The third-order valence-electron chi connectivity index (χ3n) is 19.5. The van der Waals surface area contributed by atoms with E-state index < -0.39 is 179 Å². The Bertz CT molecular complexity index is 3620.